The van der Waals surface area contributed by atoms with E-state index in [1.54, 1.807) is 12.5 Å². The quantitative estimate of drug-likeness (QED) is 0.877. The molecule has 2 heterocycles. The van der Waals surface area contributed by atoms with Crippen molar-refractivity contribution in [2.45, 2.75) is 18.9 Å². The van der Waals surface area contributed by atoms with Crippen molar-refractivity contribution in [3.05, 3.63) is 48.4 Å². The summed E-state index contributed by atoms with van der Waals surface area (Å²) in [6.07, 6.45) is 6.06. The van der Waals surface area contributed by atoms with Crippen molar-refractivity contribution in [2.24, 2.45) is 0 Å². The molecular formula is C16H18N4O2. The van der Waals surface area contributed by atoms with Gasteiger partial charge in [0.25, 0.3) is 5.91 Å². The number of hydrogen-bond donors (Lipinski definition) is 1. The number of amides is 2. The van der Waals surface area contributed by atoms with E-state index in [9.17, 15) is 9.59 Å². The topological polar surface area (TPSA) is 67.2 Å². The maximum absolute atomic E-state index is 12.5. The molecule has 1 aliphatic heterocycles. The van der Waals surface area contributed by atoms with Crippen LogP contribution >= 0.6 is 0 Å². The SMILES string of the molecule is O=CNc1cn(C2CCCN(C(=O)c3ccccc3)C2)cn1. The number of rotatable bonds is 4. The summed E-state index contributed by atoms with van der Waals surface area (Å²) < 4.78 is 1.97. The number of carbonyl (C=O) groups is 2. The minimum Gasteiger partial charge on any atom is -0.337 e. The van der Waals surface area contributed by atoms with Crippen LogP contribution in [0.1, 0.15) is 29.2 Å². The summed E-state index contributed by atoms with van der Waals surface area (Å²) in [5.74, 6) is 0.596. The fourth-order valence-corrected chi connectivity index (χ4v) is 2.82. The molecule has 1 saturated heterocycles. The first kappa shape index (κ1) is 14.3. The van der Waals surface area contributed by atoms with Crippen LogP contribution in [0.3, 0.4) is 0 Å². The lowest BCUT2D eigenvalue weighted by Gasteiger charge is -2.33. The summed E-state index contributed by atoms with van der Waals surface area (Å²) >= 11 is 0. The molecule has 0 spiro atoms. The average molecular weight is 298 g/mol. The van der Waals surface area contributed by atoms with E-state index in [4.69, 9.17) is 0 Å². The minimum atomic E-state index is 0.0663. The van der Waals surface area contributed by atoms with Gasteiger partial charge >= 0.3 is 0 Å². The molecule has 1 aromatic heterocycles. The lowest BCUT2D eigenvalue weighted by atomic mass is 10.0. The highest BCUT2D eigenvalue weighted by Crippen LogP contribution is 2.23. The van der Waals surface area contributed by atoms with Crippen molar-refractivity contribution >= 4 is 18.1 Å². The first-order valence-corrected chi connectivity index (χ1v) is 7.36. The molecule has 22 heavy (non-hydrogen) atoms. The molecule has 2 amide bonds. The van der Waals surface area contributed by atoms with Crippen LogP contribution in [0.2, 0.25) is 0 Å². The Balaban J connectivity index is 1.71. The molecule has 1 unspecified atom stereocenters. The van der Waals surface area contributed by atoms with Gasteiger partial charge in [-0.25, -0.2) is 4.98 Å². The predicted molar refractivity (Wildman–Crippen MR) is 82.5 cm³/mol. The highest BCUT2D eigenvalue weighted by Gasteiger charge is 2.25. The Bertz CT molecular complexity index is 653. The highest BCUT2D eigenvalue weighted by molar-refractivity contribution is 5.94. The van der Waals surface area contributed by atoms with Gasteiger partial charge in [0.05, 0.1) is 12.4 Å². The molecule has 1 atom stereocenters. The van der Waals surface area contributed by atoms with Crippen molar-refractivity contribution in [3.8, 4) is 0 Å². The van der Waals surface area contributed by atoms with Crippen molar-refractivity contribution in [3.63, 3.8) is 0 Å². The molecule has 6 heteroatoms. The smallest absolute Gasteiger partial charge is 0.253 e. The molecule has 114 valence electrons. The Hall–Kier alpha value is -2.63. The molecule has 0 bridgehead atoms. The van der Waals surface area contributed by atoms with Crippen LogP contribution in [-0.4, -0.2) is 39.9 Å². The van der Waals surface area contributed by atoms with E-state index in [2.05, 4.69) is 10.3 Å². The van der Waals surface area contributed by atoms with Gasteiger partial charge in [0, 0.05) is 24.8 Å². The van der Waals surface area contributed by atoms with Crippen molar-refractivity contribution in [1.82, 2.24) is 14.5 Å². The third-order valence-electron chi connectivity index (χ3n) is 3.93. The van der Waals surface area contributed by atoms with Gasteiger partial charge in [-0.3, -0.25) is 9.59 Å². The normalized spacial score (nSPS) is 18.0. The summed E-state index contributed by atoms with van der Waals surface area (Å²) in [5.41, 5.74) is 0.720. The lowest BCUT2D eigenvalue weighted by molar-refractivity contribution is -0.105. The minimum absolute atomic E-state index is 0.0663. The average Bonchev–Trinajstić information content (AvgIpc) is 3.04. The van der Waals surface area contributed by atoms with E-state index in [-0.39, 0.29) is 11.9 Å². The molecule has 3 rings (SSSR count). The van der Waals surface area contributed by atoms with Gasteiger partial charge in [-0.1, -0.05) is 18.2 Å². The lowest BCUT2D eigenvalue weighted by Crippen LogP contribution is -2.40. The maximum Gasteiger partial charge on any atom is 0.253 e. The largest absolute Gasteiger partial charge is 0.337 e. The molecular weight excluding hydrogens is 280 g/mol. The fraction of sp³-hybridized carbons (Fsp3) is 0.312. The summed E-state index contributed by atoms with van der Waals surface area (Å²) in [4.78, 5) is 29.0. The highest BCUT2D eigenvalue weighted by atomic mass is 16.2. The molecule has 1 aromatic carbocycles. The molecule has 0 radical (unpaired) electrons. The van der Waals surface area contributed by atoms with Crippen LogP contribution in [0, 0.1) is 0 Å². The Morgan fingerprint density at radius 1 is 1.32 bits per heavy atom. The Labute approximate surface area is 128 Å². The van der Waals surface area contributed by atoms with E-state index in [1.165, 1.54) is 0 Å². The third kappa shape index (κ3) is 3.00. The molecule has 1 fully saturated rings. The van der Waals surface area contributed by atoms with Crippen LogP contribution < -0.4 is 5.32 Å². The fourth-order valence-electron chi connectivity index (χ4n) is 2.82. The second kappa shape index (κ2) is 6.43. The van der Waals surface area contributed by atoms with E-state index < -0.39 is 0 Å². The van der Waals surface area contributed by atoms with Crippen molar-refractivity contribution in [2.75, 3.05) is 18.4 Å². The summed E-state index contributed by atoms with van der Waals surface area (Å²) in [5, 5.41) is 2.53. The summed E-state index contributed by atoms with van der Waals surface area (Å²) in [6.45, 7) is 1.43. The molecule has 2 aromatic rings. The first-order valence-electron chi connectivity index (χ1n) is 7.36. The van der Waals surface area contributed by atoms with E-state index in [0.717, 1.165) is 24.9 Å². The van der Waals surface area contributed by atoms with E-state index in [0.29, 0.717) is 18.8 Å². The van der Waals surface area contributed by atoms with Gasteiger partial charge in [0.15, 0.2) is 5.82 Å². The number of aromatic nitrogens is 2. The van der Waals surface area contributed by atoms with Gasteiger partial charge in [0.1, 0.15) is 0 Å². The van der Waals surface area contributed by atoms with Crippen LogP contribution in [-0.2, 0) is 4.79 Å². The van der Waals surface area contributed by atoms with Gasteiger partial charge < -0.3 is 14.8 Å². The van der Waals surface area contributed by atoms with Crippen LogP contribution in [0.25, 0.3) is 0 Å². The number of imidazole rings is 1. The van der Waals surface area contributed by atoms with Crippen molar-refractivity contribution < 1.29 is 9.59 Å². The maximum atomic E-state index is 12.5. The standard InChI is InChI=1S/C16H18N4O2/c21-12-18-15-10-20(11-17-15)14-7-4-8-19(9-14)16(22)13-5-2-1-3-6-13/h1-3,5-6,10-12,14H,4,7-9H2,(H,18,21). The summed E-state index contributed by atoms with van der Waals surface area (Å²) in [6, 6.07) is 9.54. The second-order valence-corrected chi connectivity index (χ2v) is 5.38. The Kier molecular flexibility index (Phi) is 4.18. The number of nitrogens with one attached hydrogen (secondary N) is 1. The molecule has 1 N–H and O–H groups in total. The number of hydrogen-bond acceptors (Lipinski definition) is 3. The van der Waals surface area contributed by atoms with Gasteiger partial charge in [-0.15, -0.1) is 0 Å². The van der Waals surface area contributed by atoms with Crippen LogP contribution in [0.5, 0.6) is 0 Å². The third-order valence-corrected chi connectivity index (χ3v) is 3.93. The zero-order valence-corrected chi connectivity index (χ0v) is 12.2. The van der Waals surface area contributed by atoms with Gasteiger partial charge in [0.2, 0.25) is 6.41 Å². The first-order chi connectivity index (χ1) is 10.8. The van der Waals surface area contributed by atoms with Crippen LogP contribution in [0.15, 0.2) is 42.9 Å². The summed E-state index contributed by atoms with van der Waals surface area (Å²) in [7, 11) is 0. The number of anilines is 1. The second-order valence-electron chi connectivity index (χ2n) is 5.38. The predicted octanol–water partition coefficient (Wildman–Crippen LogP) is 1.93. The number of nitrogens with zero attached hydrogens (tertiary/aromatic N) is 3. The van der Waals surface area contributed by atoms with Crippen LogP contribution in [0.4, 0.5) is 5.82 Å². The van der Waals surface area contributed by atoms with Gasteiger partial charge in [-0.05, 0) is 25.0 Å². The molecule has 1 aliphatic rings. The number of piperidine rings is 1. The Morgan fingerprint density at radius 2 is 2.14 bits per heavy atom. The number of carbonyl (C=O) groups excluding carboxylic acids is 2. The zero-order valence-electron chi connectivity index (χ0n) is 12.2. The Morgan fingerprint density at radius 3 is 2.91 bits per heavy atom. The van der Waals surface area contributed by atoms with Gasteiger partial charge in [-0.2, -0.15) is 0 Å². The monoisotopic (exact) mass is 298 g/mol. The number of likely N-dealkylation sites (tertiary alicyclic amines) is 1. The number of benzene rings is 1. The molecule has 6 nitrogen and oxygen atoms in total. The van der Waals surface area contributed by atoms with E-state index >= 15 is 0 Å². The van der Waals surface area contributed by atoms with E-state index in [1.807, 2.05) is 39.8 Å². The van der Waals surface area contributed by atoms with Crippen molar-refractivity contribution in [1.29, 1.82) is 0 Å². The zero-order chi connectivity index (χ0) is 15.4. The molecule has 0 aliphatic carbocycles. The molecule has 0 saturated carbocycles.